The van der Waals surface area contributed by atoms with E-state index in [0.29, 0.717) is 28.0 Å². The Morgan fingerprint density at radius 2 is 1.89 bits per heavy atom. The normalized spacial score (nSPS) is 10.3. The van der Waals surface area contributed by atoms with Crippen LogP contribution in [0.4, 0.5) is 10.5 Å². The van der Waals surface area contributed by atoms with Gasteiger partial charge in [0.1, 0.15) is 17.8 Å². The Morgan fingerprint density at radius 3 is 2.59 bits per heavy atom. The highest BCUT2D eigenvalue weighted by molar-refractivity contribution is 6.32. The summed E-state index contributed by atoms with van der Waals surface area (Å²) in [4.78, 5) is 12.3. The summed E-state index contributed by atoms with van der Waals surface area (Å²) in [5.74, 6) is 1.48. The van der Waals surface area contributed by atoms with Gasteiger partial charge in [-0.2, -0.15) is 0 Å². The van der Waals surface area contributed by atoms with Crippen molar-refractivity contribution in [3.63, 3.8) is 0 Å². The van der Waals surface area contributed by atoms with Gasteiger partial charge in [-0.1, -0.05) is 29.8 Å². The van der Waals surface area contributed by atoms with Crippen LogP contribution in [-0.4, -0.2) is 35.0 Å². The maximum Gasteiger partial charge on any atom is 0.319 e. The van der Waals surface area contributed by atoms with E-state index in [-0.39, 0.29) is 6.54 Å². The minimum atomic E-state index is -0.433. The van der Waals surface area contributed by atoms with Gasteiger partial charge in [-0.25, -0.2) is 4.79 Å². The molecule has 9 heteroatoms. The van der Waals surface area contributed by atoms with E-state index in [9.17, 15) is 4.79 Å². The number of amides is 2. The molecule has 27 heavy (non-hydrogen) atoms. The number of carbonyl (C=O) groups is 1. The summed E-state index contributed by atoms with van der Waals surface area (Å²) in [5.41, 5.74) is 1.33. The van der Waals surface area contributed by atoms with Gasteiger partial charge in [0, 0.05) is 11.8 Å². The van der Waals surface area contributed by atoms with Gasteiger partial charge < -0.3 is 20.1 Å². The van der Waals surface area contributed by atoms with E-state index >= 15 is 0 Å². The number of para-hydroxylation sites is 1. The number of urea groups is 1. The van der Waals surface area contributed by atoms with Crippen LogP contribution in [0.3, 0.4) is 0 Å². The Labute approximate surface area is 161 Å². The molecule has 0 saturated carbocycles. The fourth-order valence-electron chi connectivity index (χ4n) is 2.47. The third-order valence-electron chi connectivity index (χ3n) is 3.78. The molecule has 3 rings (SSSR count). The minimum Gasteiger partial charge on any atom is -0.495 e. The number of halogens is 1. The molecular formula is C18H18ClN5O3. The molecule has 1 heterocycles. The summed E-state index contributed by atoms with van der Waals surface area (Å²) in [5, 5.41) is 13.8. The fourth-order valence-corrected chi connectivity index (χ4v) is 2.71. The first-order chi connectivity index (χ1) is 13.1. The SMILES string of the molecule is COc1cc(OC)c(NC(=O)NCc2nncn2-c2ccccc2)cc1Cl. The molecule has 0 spiro atoms. The third-order valence-corrected chi connectivity index (χ3v) is 4.08. The van der Waals surface area contributed by atoms with E-state index in [1.807, 2.05) is 30.3 Å². The molecule has 0 radical (unpaired) electrons. The quantitative estimate of drug-likeness (QED) is 0.677. The van der Waals surface area contributed by atoms with Crippen LogP contribution in [0.1, 0.15) is 5.82 Å². The molecule has 0 aliphatic rings. The average molecular weight is 388 g/mol. The van der Waals surface area contributed by atoms with E-state index in [2.05, 4.69) is 20.8 Å². The van der Waals surface area contributed by atoms with Crippen LogP contribution in [0.15, 0.2) is 48.8 Å². The first kappa shape index (κ1) is 18.5. The van der Waals surface area contributed by atoms with Gasteiger partial charge in [0.2, 0.25) is 0 Å². The molecule has 2 aromatic carbocycles. The summed E-state index contributed by atoms with van der Waals surface area (Å²) < 4.78 is 12.2. The molecule has 1 aromatic heterocycles. The predicted octanol–water partition coefficient (Wildman–Crippen LogP) is 3.26. The maximum atomic E-state index is 12.3. The number of hydrogen-bond acceptors (Lipinski definition) is 5. The first-order valence-electron chi connectivity index (χ1n) is 8.03. The van der Waals surface area contributed by atoms with E-state index in [0.717, 1.165) is 5.69 Å². The predicted molar refractivity (Wildman–Crippen MR) is 102 cm³/mol. The highest BCUT2D eigenvalue weighted by Gasteiger charge is 2.13. The topological polar surface area (TPSA) is 90.3 Å². The number of carbonyl (C=O) groups excluding carboxylic acids is 1. The zero-order valence-corrected chi connectivity index (χ0v) is 15.5. The molecule has 0 aliphatic carbocycles. The van der Waals surface area contributed by atoms with Crippen LogP contribution in [0.5, 0.6) is 11.5 Å². The van der Waals surface area contributed by atoms with Crippen LogP contribution in [0.25, 0.3) is 5.69 Å². The summed E-state index contributed by atoms with van der Waals surface area (Å²) in [6.45, 7) is 0.187. The number of methoxy groups -OCH3 is 2. The Hall–Kier alpha value is -3.26. The number of anilines is 1. The van der Waals surface area contributed by atoms with Crippen LogP contribution in [0.2, 0.25) is 5.02 Å². The zero-order chi connectivity index (χ0) is 19.2. The third kappa shape index (κ3) is 4.29. The van der Waals surface area contributed by atoms with Crippen LogP contribution in [0, 0.1) is 0 Å². The Morgan fingerprint density at radius 1 is 1.15 bits per heavy atom. The number of hydrogen-bond donors (Lipinski definition) is 2. The molecule has 140 valence electrons. The van der Waals surface area contributed by atoms with E-state index < -0.39 is 6.03 Å². The van der Waals surface area contributed by atoms with Crippen molar-refractivity contribution in [2.45, 2.75) is 6.54 Å². The monoisotopic (exact) mass is 387 g/mol. The molecule has 3 aromatic rings. The summed E-state index contributed by atoms with van der Waals surface area (Å²) in [6.07, 6.45) is 1.59. The Bertz CT molecular complexity index is 930. The van der Waals surface area contributed by atoms with Gasteiger partial charge in [-0.05, 0) is 18.2 Å². The van der Waals surface area contributed by atoms with Crippen molar-refractivity contribution in [3.8, 4) is 17.2 Å². The second kappa shape index (κ2) is 8.41. The van der Waals surface area contributed by atoms with Crippen molar-refractivity contribution in [1.29, 1.82) is 0 Å². The second-order valence-electron chi connectivity index (χ2n) is 5.45. The largest absolute Gasteiger partial charge is 0.495 e. The maximum absolute atomic E-state index is 12.3. The van der Waals surface area contributed by atoms with Crippen LogP contribution < -0.4 is 20.1 Å². The van der Waals surface area contributed by atoms with Gasteiger partial charge >= 0.3 is 6.03 Å². The fraction of sp³-hybridized carbons (Fsp3) is 0.167. The van der Waals surface area contributed by atoms with E-state index in [1.54, 1.807) is 23.0 Å². The lowest BCUT2D eigenvalue weighted by atomic mass is 10.2. The van der Waals surface area contributed by atoms with Crippen molar-refractivity contribution < 1.29 is 14.3 Å². The molecule has 2 amide bonds. The highest BCUT2D eigenvalue weighted by atomic mass is 35.5. The number of aromatic nitrogens is 3. The summed E-state index contributed by atoms with van der Waals surface area (Å²) >= 11 is 6.11. The molecular weight excluding hydrogens is 370 g/mol. The van der Waals surface area contributed by atoms with Crippen molar-refractivity contribution >= 4 is 23.3 Å². The molecule has 0 unspecified atom stereocenters. The number of nitrogens with zero attached hydrogens (tertiary/aromatic N) is 3. The summed E-state index contributed by atoms with van der Waals surface area (Å²) in [7, 11) is 3.00. The molecule has 0 aliphatic heterocycles. The van der Waals surface area contributed by atoms with Gasteiger partial charge in [0.25, 0.3) is 0 Å². The highest BCUT2D eigenvalue weighted by Crippen LogP contribution is 2.35. The van der Waals surface area contributed by atoms with Gasteiger partial charge in [0.05, 0.1) is 31.5 Å². The van der Waals surface area contributed by atoms with Crippen molar-refractivity contribution in [2.24, 2.45) is 0 Å². The smallest absolute Gasteiger partial charge is 0.319 e. The molecule has 0 fully saturated rings. The number of ether oxygens (including phenoxy) is 2. The van der Waals surface area contributed by atoms with Crippen molar-refractivity contribution in [2.75, 3.05) is 19.5 Å². The number of nitrogens with one attached hydrogen (secondary N) is 2. The van der Waals surface area contributed by atoms with E-state index in [4.69, 9.17) is 21.1 Å². The minimum absolute atomic E-state index is 0.187. The Balaban J connectivity index is 1.68. The standard InChI is InChI=1S/C18H18ClN5O3/c1-26-15-9-16(27-2)14(8-13(15)19)22-18(25)20-10-17-23-21-11-24(17)12-6-4-3-5-7-12/h3-9,11H,10H2,1-2H3,(H2,20,22,25). The lowest BCUT2D eigenvalue weighted by Gasteiger charge is -2.13. The molecule has 0 atom stereocenters. The van der Waals surface area contributed by atoms with Gasteiger partial charge in [0.15, 0.2) is 5.82 Å². The number of benzene rings is 2. The molecule has 8 nitrogen and oxygen atoms in total. The first-order valence-corrected chi connectivity index (χ1v) is 8.41. The lowest BCUT2D eigenvalue weighted by molar-refractivity contribution is 0.251. The van der Waals surface area contributed by atoms with Crippen molar-refractivity contribution in [3.05, 3.63) is 59.6 Å². The molecule has 2 N–H and O–H groups in total. The van der Waals surface area contributed by atoms with Crippen LogP contribution >= 0.6 is 11.6 Å². The lowest BCUT2D eigenvalue weighted by Crippen LogP contribution is -2.29. The zero-order valence-electron chi connectivity index (χ0n) is 14.8. The Kier molecular flexibility index (Phi) is 5.77. The van der Waals surface area contributed by atoms with Gasteiger partial charge in [-0.15, -0.1) is 10.2 Å². The molecule has 0 saturated heterocycles. The van der Waals surface area contributed by atoms with Gasteiger partial charge in [-0.3, -0.25) is 4.57 Å². The van der Waals surface area contributed by atoms with Crippen molar-refractivity contribution in [1.82, 2.24) is 20.1 Å². The second-order valence-corrected chi connectivity index (χ2v) is 5.85. The summed E-state index contributed by atoms with van der Waals surface area (Å²) in [6, 6.07) is 12.3. The molecule has 0 bridgehead atoms. The number of rotatable bonds is 6. The van der Waals surface area contributed by atoms with E-state index in [1.165, 1.54) is 14.2 Å². The van der Waals surface area contributed by atoms with Crippen LogP contribution in [-0.2, 0) is 6.54 Å². The average Bonchev–Trinajstić information content (AvgIpc) is 3.16.